The van der Waals surface area contributed by atoms with E-state index in [4.69, 9.17) is 14.5 Å². The van der Waals surface area contributed by atoms with Crippen molar-refractivity contribution >= 4 is 16.9 Å². The lowest BCUT2D eigenvalue weighted by atomic mass is 10.1. The zero-order valence-electron chi connectivity index (χ0n) is 17.0. The molecule has 1 amide bonds. The van der Waals surface area contributed by atoms with Crippen molar-refractivity contribution < 1.29 is 14.3 Å². The molecule has 1 aliphatic rings. The van der Waals surface area contributed by atoms with Gasteiger partial charge in [0, 0.05) is 25.4 Å². The number of aromatic nitrogens is 2. The van der Waals surface area contributed by atoms with Crippen molar-refractivity contribution in [3.63, 3.8) is 0 Å². The molecule has 1 saturated heterocycles. The summed E-state index contributed by atoms with van der Waals surface area (Å²) in [6.07, 6.45) is 0.519. The van der Waals surface area contributed by atoms with Gasteiger partial charge in [0.2, 0.25) is 5.91 Å². The van der Waals surface area contributed by atoms with E-state index < -0.39 is 0 Å². The Hall–Kier alpha value is -3.02. The van der Waals surface area contributed by atoms with Crippen LogP contribution in [-0.4, -0.2) is 46.7 Å². The van der Waals surface area contributed by atoms with Crippen molar-refractivity contribution in [2.45, 2.75) is 32.7 Å². The molecule has 1 atom stereocenters. The molecule has 2 heterocycles. The van der Waals surface area contributed by atoms with E-state index in [0.717, 1.165) is 41.4 Å². The van der Waals surface area contributed by atoms with Crippen LogP contribution in [0, 0.1) is 0 Å². The van der Waals surface area contributed by atoms with Crippen LogP contribution in [-0.2, 0) is 11.3 Å². The summed E-state index contributed by atoms with van der Waals surface area (Å²) in [6.45, 7) is 7.21. The number of para-hydroxylation sites is 4. The van der Waals surface area contributed by atoms with Crippen molar-refractivity contribution in [1.29, 1.82) is 0 Å². The summed E-state index contributed by atoms with van der Waals surface area (Å²) >= 11 is 0. The first-order chi connectivity index (χ1) is 14.2. The molecule has 1 aromatic heterocycles. The first kappa shape index (κ1) is 19.3. The van der Waals surface area contributed by atoms with Crippen LogP contribution in [0.3, 0.4) is 0 Å². The third-order valence-electron chi connectivity index (χ3n) is 5.37. The number of hydrogen-bond acceptors (Lipinski definition) is 4. The molecule has 0 radical (unpaired) electrons. The molecule has 1 unspecified atom stereocenters. The Morgan fingerprint density at radius 2 is 1.76 bits per heavy atom. The monoisotopic (exact) mass is 393 g/mol. The minimum Gasteiger partial charge on any atom is -0.490 e. The number of likely N-dealkylation sites (N-methyl/N-ethyl adjacent to an activating group) is 1. The Kier molecular flexibility index (Phi) is 5.69. The Bertz CT molecular complexity index is 998. The zero-order chi connectivity index (χ0) is 20.2. The fraction of sp³-hybridized carbons (Fsp3) is 0.391. The van der Waals surface area contributed by atoms with Crippen molar-refractivity contribution in [3.8, 4) is 11.5 Å². The van der Waals surface area contributed by atoms with Gasteiger partial charge in [0.15, 0.2) is 11.5 Å². The van der Waals surface area contributed by atoms with E-state index in [0.29, 0.717) is 26.2 Å². The van der Waals surface area contributed by atoms with Crippen LogP contribution in [0.1, 0.15) is 32.0 Å². The lowest BCUT2D eigenvalue weighted by Crippen LogP contribution is -2.24. The summed E-state index contributed by atoms with van der Waals surface area (Å²) in [5.41, 5.74) is 2.03. The highest BCUT2D eigenvalue weighted by molar-refractivity contribution is 5.80. The van der Waals surface area contributed by atoms with Gasteiger partial charge in [-0.3, -0.25) is 4.79 Å². The normalized spacial score (nSPS) is 16.6. The summed E-state index contributed by atoms with van der Waals surface area (Å²) in [5, 5.41) is 0. The number of imidazole rings is 1. The Morgan fingerprint density at radius 3 is 2.48 bits per heavy atom. The number of carbonyl (C=O) groups is 1. The molecule has 0 bridgehead atoms. The van der Waals surface area contributed by atoms with Crippen LogP contribution in [0.5, 0.6) is 11.5 Å². The molecule has 6 heteroatoms. The molecule has 1 aliphatic heterocycles. The molecule has 4 rings (SSSR count). The van der Waals surface area contributed by atoms with E-state index >= 15 is 0 Å². The molecule has 1 fully saturated rings. The first-order valence-electron chi connectivity index (χ1n) is 10.3. The predicted octanol–water partition coefficient (Wildman–Crippen LogP) is 3.85. The number of likely N-dealkylation sites (tertiary alicyclic amines) is 1. The van der Waals surface area contributed by atoms with Gasteiger partial charge in [-0.1, -0.05) is 24.3 Å². The van der Waals surface area contributed by atoms with Gasteiger partial charge in [-0.2, -0.15) is 0 Å². The van der Waals surface area contributed by atoms with Crippen molar-refractivity contribution in [1.82, 2.24) is 14.5 Å². The van der Waals surface area contributed by atoms with E-state index in [1.807, 2.05) is 61.2 Å². The number of hydrogen-bond donors (Lipinski definition) is 0. The molecule has 152 valence electrons. The minimum atomic E-state index is 0.116. The number of nitrogens with zero attached hydrogens (tertiary/aromatic N) is 3. The van der Waals surface area contributed by atoms with Crippen LogP contribution in [0.25, 0.3) is 11.0 Å². The fourth-order valence-electron chi connectivity index (χ4n) is 3.98. The fourth-order valence-corrected chi connectivity index (χ4v) is 3.98. The van der Waals surface area contributed by atoms with Gasteiger partial charge in [0.05, 0.1) is 24.2 Å². The van der Waals surface area contributed by atoms with Gasteiger partial charge in [-0.15, -0.1) is 0 Å². The summed E-state index contributed by atoms with van der Waals surface area (Å²) < 4.78 is 13.9. The molecule has 0 saturated carbocycles. The Labute approximate surface area is 171 Å². The van der Waals surface area contributed by atoms with Crippen LogP contribution in [0.2, 0.25) is 0 Å². The second-order valence-electron chi connectivity index (χ2n) is 7.17. The molecule has 0 aliphatic carbocycles. The van der Waals surface area contributed by atoms with Crippen molar-refractivity contribution in [2.75, 3.05) is 26.3 Å². The third kappa shape index (κ3) is 3.92. The molecule has 29 heavy (non-hydrogen) atoms. The highest BCUT2D eigenvalue weighted by Gasteiger charge is 2.33. The molecule has 6 nitrogen and oxygen atoms in total. The summed E-state index contributed by atoms with van der Waals surface area (Å²) in [4.78, 5) is 19.0. The van der Waals surface area contributed by atoms with E-state index in [-0.39, 0.29) is 11.8 Å². The van der Waals surface area contributed by atoms with Crippen molar-refractivity contribution in [2.24, 2.45) is 0 Å². The largest absolute Gasteiger partial charge is 0.490 e. The standard InChI is InChI=1S/C23H27N3O3/c1-3-25-16-17(15-22(25)27)23-24-18-9-5-6-10-19(18)26(23)13-14-29-21-12-8-7-11-20(21)28-4-2/h5-12,17H,3-4,13-16H2,1-2H3. The van der Waals surface area contributed by atoms with Crippen LogP contribution >= 0.6 is 0 Å². The molecular weight excluding hydrogens is 366 g/mol. The lowest BCUT2D eigenvalue weighted by molar-refractivity contribution is -0.127. The molecule has 0 spiro atoms. The van der Waals surface area contributed by atoms with E-state index in [1.165, 1.54) is 0 Å². The maximum Gasteiger partial charge on any atom is 0.223 e. The maximum absolute atomic E-state index is 12.3. The summed E-state index contributed by atoms with van der Waals surface area (Å²) in [6, 6.07) is 15.8. The zero-order valence-corrected chi connectivity index (χ0v) is 17.0. The summed E-state index contributed by atoms with van der Waals surface area (Å²) in [7, 11) is 0. The highest BCUT2D eigenvalue weighted by Crippen LogP contribution is 2.31. The number of amides is 1. The SMILES string of the molecule is CCOc1ccccc1OCCn1c(C2CC(=O)N(CC)C2)nc2ccccc21. The lowest BCUT2D eigenvalue weighted by Gasteiger charge is -2.16. The Balaban J connectivity index is 1.56. The number of carbonyl (C=O) groups excluding carboxylic acids is 1. The van der Waals surface area contributed by atoms with Crippen molar-refractivity contribution in [3.05, 3.63) is 54.4 Å². The molecule has 3 aromatic rings. The first-order valence-corrected chi connectivity index (χ1v) is 10.3. The quantitative estimate of drug-likeness (QED) is 0.583. The van der Waals surface area contributed by atoms with Gasteiger partial charge >= 0.3 is 0 Å². The topological polar surface area (TPSA) is 56.6 Å². The van der Waals surface area contributed by atoms with Crippen LogP contribution in [0.4, 0.5) is 0 Å². The number of benzene rings is 2. The van der Waals surface area contributed by atoms with E-state index in [2.05, 4.69) is 10.6 Å². The molecule has 2 aromatic carbocycles. The average molecular weight is 393 g/mol. The number of ether oxygens (including phenoxy) is 2. The number of rotatable bonds is 8. The number of fused-ring (bicyclic) bond motifs is 1. The maximum atomic E-state index is 12.3. The van der Waals surface area contributed by atoms with Gasteiger partial charge in [-0.05, 0) is 38.1 Å². The second kappa shape index (κ2) is 8.55. The predicted molar refractivity (Wildman–Crippen MR) is 112 cm³/mol. The second-order valence-corrected chi connectivity index (χ2v) is 7.17. The van der Waals surface area contributed by atoms with E-state index in [9.17, 15) is 4.79 Å². The van der Waals surface area contributed by atoms with Crippen LogP contribution in [0.15, 0.2) is 48.5 Å². The Morgan fingerprint density at radius 1 is 1.03 bits per heavy atom. The van der Waals surface area contributed by atoms with Gasteiger partial charge in [0.25, 0.3) is 0 Å². The van der Waals surface area contributed by atoms with Gasteiger partial charge in [0.1, 0.15) is 12.4 Å². The molecular formula is C23H27N3O3. The highest BCUT2D eigenvalue weighted by atomic mass is 16.5. The van der Waals surface area contributed by atoms with Gasteiger partial charge < -0.3 is 18.9 Å². The van der Waals surface area contributed by atoms with Gasteiger partial charge in [-0.25, -0.2) is 4.98 Å². The minimum absolute atomic E-state index is 0.116. The van der Waals surface area contributed by atoms with Crippen LogP contribution < -0.4 is 9.47 Å². The average Bonchev–Trinajstić information content (AvgIpc) is 3.30. The summed E-state index contributed by atoms with van der Waals surface area (Å²) in [5.74, 6) is 2.79. The molecule has 0 N–H and O–H groups in total. The third-order valence-corrected chi connectivity index (χ3v) is 5.37. The van der Waals surface area contributed by atoms with E-state index in [1.54, 1.807) is 0 Å². The smallest absolute Gasteiger partial charge is 0.223 e.